The molecule has 0 bridgehead atoms. The van der Waals surface area contributed by atoms with Crippen molar-refractivity contribution in [2.45, 2.75) is 9.79 Å². The molecule has 10 nitrogen and oxygen atoms in total. The molecule has 27 heavy (non-hydrogen) atoms. The second-order valence-electron chi connectivity index (χ2n) is 5.10. The average molecular weight is 384 g/mol. The van der Waals surface area contributed by atoms with Crippen LogP contribution in [0.25, 0.3) is 0 Å². The molecule has 0 aliphatic rings. The summed E-state index contributed by atoms with van der Waals surface area (Å²) < 4.78 is 0. The number of nitrogens with two attached hydrogens (primary N) is 6. The van der Waals surface area contributed by atoms with E-state index in [-0.39, 0.29) is 23.8 Å². The molecule has 0 atom stereocenters. The maximum Gasteiger partial charge on any atom is 0.223 e. The van der Waals surface area contributed by atoms with Crippen LogP contribution in [0.2, 0.25) is 0 Å². The first-order valence-electron chi connectivity index (χ1n) is 7.57. The summed E-state index contributed by atoms with van der Waals surface area (Å²) in [5.74, 6) is -0.300. The zero-order valence-electron chi connectivity index (χ0n) is 14.3. The standard InChI is InChI=1S/C16H20N10S/c17-13(18)25-15(21)23-9-1-5-11(6-2-9)27-12-7-3-10(4-8-12)24-16(22)26-14(19)20/h1-8H,(H6,17,18,21,23,25)(H6,19,20,22,24,26). The molecule has 2 aromatic rings. The summed E-state index contributed by atoms with van der Waals surface area (Å²) in [6.07, 6.45) is 0. The van der Waals surface area contributed by atoms with Crippen LogP contribution < -0.4 is 34.4 Å². The zero-order valence-corrected chi connectivity index (χ0v) is 15.1. The van der Waals surface area contributed by atoms with Gasteiger partial charge in [0.05, 0.1) is 11.4 Å². The summed E-state index contributed by atoms with van der Waals surface area (Å²) in [6.45, 7) is 0. The normalized spacial score (nSPS) is 11.7. The van der Waals surface area contributed by atoms with Crippen molar-refractivity contribution in [2.24, 2.45) is 54.4 Å². The lowest BCUT2D eigenvalue weighted by molar-refractivity contribution is 1.34. The number of benzene rings is 2. The molecule has 0 spiro atoms. The molecule has 0 amide bonds. The van der Waals surface area contributed by atoms with Crippen molar-refractivity contribution in [3.63, 3.8) is 0 Å². The van der Waals surface area contributed by atoms with Crippen molar-refractivity contribution >= 4 is 47.0 Å². The molecule has 0 aliphatic heterocycles. The second kappa shape index (κ2) is 9.10. The van der Waals surface area contributed by atoms with Gasteiger partial charge in [0.1, 0.15) is 0 Å². The van der Waals surface area contributed by atoms with Crippen LogP contribution in [0.5, 0.6) is 0 Å². The lowest BCUT2D eigenvalue weighted by Crippen LogP contribution is -2.26. The van der Waals surface area contributed by atoms with E-state index in [1.165, 1.54) is 0 Å². The Morgan fingerprint density at radius 2 is 0.889 bits per heavy atom. The number of hydrogen-bond donors (Lipinski definition) is 6. The highest BCUT2D eigenvalue weighted by Gasteiger charge is 2.00. The molecule has 0 aromatic heterocycles. The molecule has 11 heteroatoms. The van der Waals surface area contributed by atoms with E-state index >= 15 is 0 Å². The van der Waals surface area contributed by atoms with Crippen molar-refractivity contribution in [1.29, 1.82) is 0 Å². The Bertz CT molecular complexity index is 814. The number of hydrogen-bond acceptors (Lipinski definition) is 3. The van der Waals surface area contributed by atoms with Crippen LogP contribution in [0, 0.1) is 0 Å². The summed E-state index contributed by atoms with van der Waals surface area (Å²) in [7, 11) is 0. The number of guanidine groups is 4. The maximum atomic E-state index is 5.60. The van der Waals surface area contributed by atoms with Gasteiger partial charge in [0.15, 0.2) is 11.9 Å². The van der Waals surface area contributed by atoms with Gasteiger partial charge in [-0.3, -0.25) is 0 Å². The van der Waals surface area contributed by atoms with Crippen molar-refractivity contribution in [3.8, 4) is 0 Å². The lowest BCUT2D eigenvalue weighted by atomic mass is 10.3. The molecule has 140 valence electrons. The summed E-state index contributed by atoms with van der Waals surface area (Å²) >= 11 is 1.57. The fourth-order valence-corrected chi connectivity index (χ4v) is 2.71. The minimum Gasteiger partial charge on any atom is -0.370 e. The van der Waals surface area contributed by atoms with E-state index in [0.717, 1.165) is 9.79 Å². The molecule has 0 aliphatic carbocycles. The van der Waals surface area contributed by atoms with Gasteiger partial charge in [-0.15, -0.1) is 0 Å². The highest BCUT2D eigenvalue weighted by molar-refractivity contribution is 7.99. The molecule has 0 saturated heterocycles. The van der Waals surface area contributed by atoms with Gasteiger partial charge in [0.2, 0.25) is 11.9 Å². The lowest BCUT2D eigenvalue weighted by Gasteiger charge is -2.03. The summed E-state index contributed by atoms with van der Waals surface area (Å²) in [5.41, 5.74) is 33.5. The Balaban J connectivity index is 2.05. The molecule has 0 fully saturated rings. The van der Waals surface area contributed by atoms with E-state index < -0.39 is 0 Å². The minimum absolute atomic E-state index is 0.00783. The predicted molar refractivity (Wildman–Crippen MR) is 111 cm³/mol. The molecular formula is C16H20N10S. The SMILES string of the molecule is NC(N)=NC(N)=Nc1ccc(Sc2ccc(N=C(N)N=C(N)N)cc2)cc1. The van der Waals surface area contributed by atoms with Gasteiger partial charge in [-0.05, 0) is 48.5 Å². The Hall–Kier alpha value is -3.73. The first-order valence-corrected chi connectivity index (χ1v) is 8.39. The van der Waals surface area contributed by atoms with E-state index in [4.69, 9.17) is 34.4 Å². The molecule has 2 rings (SSSR count). The number of nitrogens with zero attached hydrogens (tertiary/aromatic N) is 4. The second-order valence-corrected chi connectivity index (χ2v) is 6.25. The third-order valence-corrected chi connectivity index (χ3v) is 3.90. The highest BCUT2D eigenvalue weighted by Crippen LogP contribution is 2.30. The van der Waals surface area contributed by atoms with E-state index in [9.17, 15) is 0 Å². The molecule has 0 radical (unpaired) electrons. The van der Waals surface area contributed by atoms with Crippen LogP contribution in [0.3, 0.4) is 0 Å². The van der Waals surface area contributed by atoms with Gasteiger partial charge >= 0.3 is 0 Å². The number of rotatable bonds is 4. The van der Waals surface area contributed by atoms with Gasteiger partial charge in [0, 0.05) is 9.79 Å². The topological polar surface area (TPSA) is 206 Å². The van der Waals surface area contributed by atoms with E-state index in [0.29, 0.717) is 11.4 Å². The number of aliphatic imine (C=N–C) groups is 4. The third kappa shape index (κ3) is 6.96. The van der Waals surface area contributed by atoms with Crippen LogP contribution in [0.15, 0.2) is 78.3 Å². The Kier molecular flexibility index (Phi) is 6.61. The summed E-state index contributed by atoms with van der Waals surface area (Å²) in [5, 5.41) is 0. The third-order valence-electron chi connectivity index (χ3n) is 2.88. The molecule has 12 N–H and O–H groups in total. The Morgan fingerprint density at radius 1 is 0.556 bits per heavy atom. The Morgan fingerprint density at radius 3 is 1.19 bits per heavy atom. The van der Waals surface area contributed by atoms with Crippen molar-refractivity contribution < 1.29 is 0 Å². The summed E-state index contributed by atoms with van der Waals surface area (Å²) in [6, 6.07) is 14.9. The van der Waals surface area contributed by atoms with E-state index in [2.05, 4.69) is 20.0 Å². The average Bonchev–Trinajstić information content (AvgIpc) is 2.57. The fraction of sp³-hybridized carbons (Fsp3) is 0. The first-order chi connectivity index (χ1) is 12.8. The molecular weight excluding hydrogens is 364 g/mol. The zero-order chi connectivity index (χ0) is 19.8. The minimum atomic E-state index is -0.142. The van der Waals surface area contributed by atoms with Crippen molar-refractivity contribution in [3.05, 3.63) is 48.5 Å². The van der Waals surface area contributed by atoms with Gasteiger partial charge in [0.25, 0.3) is 0 Å². The van der Waals surface area contributed by atoms with Crippen LogP contribution in [-0.4, -0.2) is 23.8 Å². The fourth-order valence-electron chi connectivity index (χ4n) is 1.89. The maximum absolute atomic E-state index is 5.60. The smallest absolute Gasteiger partial charge is 0.223 e. The van der Waals surface area contributed by atoms with Crippen LogP contribution in [-0.2, 0) is 0 Å². The van der Waals surface area contributed by atoms with E-state index in [1.54, 1.807) is 11.8 Å². The van der Waals surface area contributed by atoms with Gasteiger partial charge in [-0.1, -0.05) is 11.8 Å². The molecule has 0 heterocycles. The first kappa shape index (κ1) is 19.6. The van der Waals surface area contributed by atoms with Gasteiger partial charge < -0.3 is 34.4 Å². The largest absolute Gasteiger partial charge is 0.370 e. The van der Waals surface area contributed by atoms with Crippen molar-refractivity contribution in [1.82, 2.24) is 0 Å². The quantitative estimate of drug-likeness (QED) is 0.320. The highest BCUT2D eigenvalue weighted by atomic mass is 32.2. The van der Waals surface area contributed by atoms with E-state index in [1.807, 2.05) is 48.5 Å². The van der Waals surface area contributed by atoms with Crippen molar-refractivity contribution in [2.75, 3.05) is 0 Å². The molecule has 2 aromatic carbocycles. The summed E-state index contributed by atoms with van der Waals surface area (Å²) in [4.78, 5) is 17.5. The van der Waals surface area contributed by atoms with Crippen LogP contribution >= 0.6 is 11.8 Å². The molecule has 0 unspecified atom stereocenters. The molecule has 0 saturated carbocycles. The van der Waals surface area contributed by atoms with Gasteiger partial charge in [-0.25, -0.2) is 9.98 Å². The van der Waals surface area contributed by atoms with Crippen LogP contribution in [0.1, 0.15) is 0 Å². The van der Waals surface area contributed by atoms with Crippen LogP contribution in [0.4, 0.5) is 11.4 Å². The predicted octanol–water partition coefficient (Wildman–Crippen LogP) is 0.277. The monoisotopic (exact) mass is 384 g/mol. The van der Waals surface area contributed by atoms with Gasteiger partial charge in [-0.2, -0.15) is 9.98 Å². The Labute approximate surface area is 160 Å².